The van der Waals surface area contributed by atoms with Crippen LogP contribution in [0, 0.1) is 24.0 Å². The maximum absolute atomic E-state index is 12.3. The van der Waals surface area contributed by atoms with Gasteiger partial charge in [0, 0.05) is 24.0 Å². The standard InChI is InChI=1S/C14H12N6O3/c1-8-3-4-10(20(22)23)7-11(8)16-13(21)12-17-14-15-6-5-9(2)19(14)18-12/h3-7H,1-2H3,(H,16,21). The average molecular weight is 312 g/mol. The Bertz CT molecular complexity index is 933. The smallest absolute Gasteiger partial charge is 0.295 e. The van der Waals surface area contributed by atoms with Crippen LogP contribution in [0.15, 0.2) is 30.5 Å². The summed E-state index contributed by atoms with van der Waals surface area (Å²) in [6.45, 7) is 3.55. The molecule has 23 heavy (non-hydrogen) atoms. The lowest BCUT2D eigenvalue weighted by atomic mass is 10.2. The first-order valence-electron chi connectivity index (χ1n) is 6.70. The van der Waals surface area contributed by atoms with Gasteiger partial charge in [0.15, 0.2) is 0 Å². The third kappa shape index (κ3) is 2.71. The van der Waals surface area contributed by atoms with E-state index in [1.54, 1.807) is 25.3 Å². The van der Waals surface area contributed by atoms with Crippen molar-refractivity contribution in [2.24, 2.45) is 0 Å². The lowest BCUT2D eigenvalue weighted by Crippen LogP contribution is -2.15. The summed E-state index contributed by atoms with van der Waals surface area (Å²) in [4.78, 5) is 30.7. The van der Waals surface area contributed by atoms with Crippen LogP contribution in [0.5, 0.6) is 0 Å². The van der Waals surface area contributed by atoms with Crippen LogP contribution in [0.3, 0.4) is 0 Å². The van der Waals surface area contributed by atoms with Gasteiger partial charge < -0.3 is 5.32 Å². The Morgan fingerprint density at radius 3 is 2.78 bits per heavy atom. The summed E-state index contributed by atoms with van der Waals surface area (Å²) in [5.74, 6) is -0.304. The first-order valence-corrected chi connectivity index (χ1v) is 6.70. The summed E-state index contributed by atoms with van der Waals surface area (Å²) >= 11 is 0. The molecule has 0 atom stereocenters. The van der Waals surface area contributed by atoms with Gasteiger partial charge in [-0.1, -0.05) is 6.07 Å². The van der Waals surface area contributed by atoms with Crippen LogP contribution in [0.1, 0.15) is 21.9 Å². The predicted octanol–water partition coefficient (Wildman–Crippen LogP) is 1.90. The van der Waals surface area contributed by atoms with E-state index >= 15 is 0 Å². The van der Waals surface area contributed by atoms with Crippen molar-refractivity contribution in [2.45, 2.75) is 13.8 Å². The van der Waals surface area contributed by atoms with E-state index in [0.29, 0.717) is 17.0 Å². The minimum Gasteiger partial charge on any atom is -0.319 e. The lowest BCUT2D eigenvalue weighted by molar-refractivity contribution is -0.384. The van der Waals surface area contributed by atoms with E-state index in [0.717, 1.165) is 5.69 Å². The minimum atomic E-state index is -0.557. The third-order valence-corrected chi connectivity index (χ3v) is 3.31. The molecule has 0 bridgehead atoms. The fourth-order valence-electron chi connectivity index (χ4n) is 2.04. The molecule has 3 aromatic rings. The van der Waals surface area contributed by atoms with Crippen LogP contribution in [0.25, 0.3) is 5.78 Å². The number of nitrogens with zero attached hydrogens (tertiary/aromatic N) is 5. The first-order chi connectivity index (χ1) is 11.0. The number of aryl methyl sites for hydroxylation is 2. The number of aromatic nitrogens is 4. The number of hydrogen-bond donors (Lipinski definition) is 1. The van der Waals surface area contributed by atoms with E-state index in [1.165, 1.54) is 16.6 Å². The van der Waals surface area contributed by atoms with Crippen molar-refractivity contribution in [1.82, 2.24) is 19.6 Å². The molecule has 2 aromatic heterocycles. The number of fused-ring (bicyclic) bond motifs is 1. The van der Waals surface area contributed by atoms with E-state index < -0.39 is 10.8 Å². The largest absolute Gasteiger partial charge is 0.319 e. The number of carbonyl (C=O) groups excluding carboxylic acids is 1. The summed E-state index contributed by atoms with van der Waals surface area (Å²) in [6.07, 6.45) is 1.58. The summed E-state index contributed by atoms with van der Waals surface area (Å²) in [5, 5.41) is 17.5. The van der Waals surface area contributed by atoms with Gasteiger partial charge in [-0.3, -0.25) is 14.9 Å². The van der Waals surface area contributed by atoms with Gasteiger partial charge in [-0.25, -0.2) is 9.50 Å². The fraction of sp³-hybridized carbons (Fsp3) is 0.143. The molecule has 116 valence electrons. The Morgan fingerprint density at radius 1 is 1.30 bits per heavy atom. The topological polar surface area (TPSA) is 115 Å². The van der Waals surface area contributed by atoms with Gasteiger partial charge in [0.1, 0.15) is 0 Å². The molecule has 0 saturated carbocycles. The SMILES string of the molecule is Cc1ccc([N+](=O)[O-])cc1NC(=O)c1nc2nccc(C)n2n1. The zero-order valence-electron chi connectivity index (χ0n) is 12.3. The van der Waals surface area contributed by atoms with Gasteiger partial charge >= 0.3 is 0 Å². The lowest BCUT2D eigenvalue weighted by Gasteiger charge is -2.06. The van der Waals surface area contributed by atoms with Gasteiger partial charge in [0.2, 0.25) is 5.82 Å². The molecule has 0 spiro atoms. The number of hydrogen-bond acceptors (Lipinski definition) is 6. The van der Waals surface area contributed by atoms with Crippen molar-refractivity contribution in [2.75, 3.05) is 5.32 Å². The summed E-state index contributed by atoms with van der Waals surface area (Å²) in [6, 6.07) is 5.98. The van der Waals surface area contributed by atoms with E-state index in [-0.39, 0.29) is 11.5 Å². The summed E-state index contributed by atoms with van der Waals surface area (Å²) < 4.78 is 1.45. The van der Waals surface area contributed by atoms with E-state index in [9.17, 15) is 14.9 Å². The molecule has 1 amide bonds. The normalized spacial score (nSPS) is 10.7. The van der Waals surface area contributed by atoms with Crippen LogP contribution >= 0.6 is 0 Å². The molecule has 0 unspecified atom stereocenters. The Kier molecular flexibility index (Phi) is 3.45. The second kappa shape index (κ2) is 5.44. The Morgan fingerprint density at radius 2 is 2.09 bits per heavy atom. The highest BCUT2D eigenvalue weighted by atomic mass is 16.6. The van der Waals surface area contributed by atoms with Crippen LogP contribution in [0.4, 0.5) is 11.4 Å². The van der Waals surface area contributed by atoms with Crippen molar-refractivity contribution < 1.29 is 9.72 Å². The maximum Gasteiger partial charge on any atom is 0.295 e. The molecule has 9 nitrogen and oxygen atoms in total. The van der Waals surface area contributed by atoms with E-state index in [2.05, 4.69) is 20.4 Å². The van der Waals surface area contributed by atoms with Crippen molar-refractivity contribution in [3.05, 3.63) is 57.7 Å². The molecule has 0 aliphatic rings. The van der Waals surface area contributed by atoms with Gasteiger partial charge in [-0.2, -0.15) is 4.98 Å². The van der Waals surface area contributed by atoms with Gasteiger partial charge in [-0.15, -0.1) is 5.10 Å². The maximum atomic E-state index is 12.3. The molecule has 0 aliphatic heterocycles. The zero-order valence-corrected chi connectivity index (χ0v) is 12.3. The third-order valence-electron chi connectivity index (χ3n) is 3.31. The number of nitro groups is 1. The van der Waals surface area contributed by atoms with Crippen LogP contribution in [0.2, 0.25) is 0 Å². The zero-order chi connectivity index (χ0) is 16.6. The number of anilines is 1. The van der Waals surface area contributed by atoms with Crippen molar-refractivity contribution in [3.63, 3.8) is 0 Å². The van der Waals surface area contributed by atoms with Crippen molar-refractivity contribution in [1.29, 1.82) is 0 Å². The number of non-ortho nitro benzene ring substituents is 1. The fourth-order valence-corrected chi connectivity index (χ4v) is 2.04. The highest BCUT2D eigenvalue weighted by Crippen LogP contribution is 2.22. The predicted molar refractivity (Wildman–Crippen MR) is 81.3 cm³/mol. The quantitative estimate of drug-likeness (QED) is 0.583. The minimum absolute atomic E-state index is 0.0577. The number of rotatable bonds is 3. The molecule has 1 aromatic carbocycles. The van der Waals surface area contributed by atoms with E-state index in [4.69, 9.17) is 0 Å². The highest BCUT2D eigenvalue weighted by molar-refractivity contribution is 6.02. The Labute approximate surface area is 130 Å². The van der Waals surface area contributed by atoms with Crippen LogP contribution in [-0.4, -0.2) is 30.4 Å². The second-order valence-corrected chi connectivity index (χ2v) is 4.94. The summed E-state index contributed by atoms with van der Waals surface area (Å²) in [7, 11) is 0. The Balaban J connectivity index is 1.93. The number of nitro benzene ring substituents is 1. The number of benzene rings is 1. The van der Waals surface area contributed by atoms with Gasteiger partial charge in [-0.05, 0) is 25.5 Å². The second-order valence-electron chi connectivity index (χ2n) is 4.94. The molecular formula is C14H12N6O3. The van der Waals surface area contributed by atoms with Gasteiger partial charge in [0.25, 0.3) is 17.4 Å². The number of amides is 1. The number of nitrogens with one attached hydrogen (secondary N) is 1. The molecule has 9 heteroatoms. The molecule has 0 fully saturated rings. The number of carbonyl (C=O) groups is 1. The highest BCUT2D eigenvalue weighted by Gasteiger charge is 2.17. The molecule has 0 aliphatic carbocycles. The van der Waals surface area contributed by atoms with Crippen molar-refractivity contribution in [3.8, 4) is 0 Å². The molecule has 1 N–H and O–H groups in total. The first kappa shape index (κ1) is 14.6. The van der Waals surface area contributed by atoms with Gasteiger partial charge in [0.05, 0.1) is 10.6 Å². The molecule has 0 saturated heterocycles. The molecular weight excluding hydrogens is 300 g/mol. The molecule has 2 heterocycles. The molecule has 3 rings (SSSR count). The molecule has 0 radical (unpaired) electrons. The van der Waals surface area contributed by atoms with Crippen molar-refractivity contribution >= 4 is 23.1 Å². The van der Waals surface area contributed by atoms with Crippen LogP contribution in [-0.2, 0) is 0 Å². The average Bonchev–Trinajstić information content (AvgIpc) is 2.95. The monoisotopic (exact) mass is 312 g/mol. The van der Waals surface area contributed by atoms with Crippen LogP contribution < -0.4 is 5.32 Å². The Hall–Kier alpha value is -3.36. The van der Waals surface area contributed by atoms with E-state index in [1.807, 2.05) is 6.92 Å². The summed E-state index contributed by atoms with van der Waals surface area (Å²) in [5.41, 5.74) is 1.72.